The van der Waals surface area contributed by atoms with Gasteiger partial charge in [0.25, 0.3) is 11.8 Å². The summed E-state index contributed by atoms with van der Waals surface area (Å²) in [5, 5.41) is 12.4. The first-order valence-electron chi connectivity index (χ1n) is 8.86. The molecule has 28 heavy (non-hydrogen) atoms. The van der Waals surface area contributed by atoms with E-state index in [1.807, 2.05) is 6.07 Å². The van der Waals surface area contributed by atoms with Gasteiger partial charge in [0.05, 0.1) is 10.4 Å². The molecule has 7 nitrogen and oxygen atoms in total. The minimum Gasteiger partial charge on any atom is -0.507 e. The normalized spacial score (nSPS) is 15.2. The molecule has 3 amide bonds. The molecule has 0 bridgehead atoms. The van der Waals surface area contributed by atoms with Gasteiger partial charge in [-0.2, -0.15) is 0 Å². The van der Waals surface area contributed by atoms with Gasteiger partial charge >= 0.3 is 0 Å². The van der Waals surface area contributed by atoms with E-state index in [-0.39, 0.29) is 11.3 Å². The molecule has 2 aromatic rings. The lowest BCUT2D eigenvalue weighted by Crippen LogP contribution is -2.41. The Balaban J connectivity index is 1.65. The lowest BCUT2D eigenvalue weighted by molar-refractivity contribution is -0.111. The Labute approximate surface area is 166 Å². The van der Waals surface area contributed by atoms with Crippen molar-refractivity contribution in [3.63, 3.8) is 0 Å². The summed E-state index contributed by atoms with van der Waals surface area (Å²) in [6.45, 7) is 5.54. The number of benzene rings is 1. The molecule has 8 heteroatoms. The molecule has 1 aromatic heterocycles. The highest BCUT2D eigenvalue weighted by Crippen LogP contribution is 2.32. The first kappa shape index (κ1) is 19.6. The number of rotatable bonds is 4. The van der Waals surface area contributed by atoms with E-state index < -0.39 is 17.7 Å². The van der Waals surface area contributed by atoms with Gasteiger partial charge in [0, 0.05) is 10.6 Å². The van der Waals surface area contributed by atoms with Crippen molar-refractivity contribution < 1.29 is 19.5 Å². The van der Waals surface area contributed by atoms with Crippen LogP contribution in [0.3, 0.4) is 0 Å². The highest BCUT2D eigenvalue weighted by Gasteiger charge is 2.21. The zero-order valence-electron chi connectivity index (χ0n) is 15.4. The number of nitrogens with one attached hydrogen (secondary N) is 3. The van der Waals surface area contributed by atoms with E-state index in [0.29, 0.717) is 16.5 Å². The van der Waals surface area contributed by atoms with Crippen molar-refractivity contribution in [1.29, 1.82) is 0 Å². The topological polar surface area (TPSA) is 108 Å². The van der Waals surface area contributed by atoms with E-state index in [1.54, 1.807) is 0 Å². The molecule has 0 spiro atoms. The smallest absolute Gasteiger partial charge is 0.279 e. The molecule has 1 aliphatic carbocycles. The van der Waals surface area contributed by atoms with Crippen LogP contribution in [0.15, 0.2) is 36.9 Å². The Kier molecular flexibility index (Phi) is 5.79. The van der Waals surface area contributed by atoms with Crippen molar-refractivity contribution in [2.45, 2.75) is 26.2 Å². The van der Waals surface area contributed by atoms with Gasteiger partial charge in [-0.15, -0.1) is 11.3 Å². The number of aromatic hydroxyl groups is 1. The van der Waals surface area contributed by atoms with Crippen LogP contribution in [0.4, 0.5) is 5.69 Å². The number of phenols is 1. The molecule has 0 radical (unpaired) electrons. The van der Waals surface area contributed by atoms with Crippen molar-refractivity contribution in [2.75, 3.05) is 5.32 Å². The number of hydrazine groups is 1. The predicted molar refractivity (Wildman–Crippen MR) is 107 cm³/mol. The highest BCUT2D eigenvalue weighted by atomic mass is 32.1. The Morgan fingerprint density at radius 1 is 1.21 bits per heavy atom. The van der Waals surface area contributed by atoms with E-state index >= 15 is 0 Å². The second-order valence-electron chi connectivity index (χ2n) is 6.74. The van der Waals surface area contributed by atoms with Crippen LogP contribution < -0.4 is 16.2 Å². The highest BCUT2D eigenvalue weighted by molar-refractivity contribution is 7.14. The lowest BCUT2D eigenvalue weighted by Gasteiger charge is -2.16. The summed E-state index contributed by atoms with van der Waals surface area (Å²) in [5.41, 5.74) is 6.11. The fraction of sp³-hybridized carbons (Fsp3) is 0.250. The fourth-order valence-corrected chi connectivity index (χ4v) is 4.15. The number of hydrogen-bond donors (Lipinski definition) is 4. The van der Waals surface area contributed by atoms with Gasteiger partial charge in [-0.05, 0) is 61.1 Å². The SMILES string of the molecule is C=CC(=O)Nc1ccc(O)c(C(=O)NNC(=O)c2cc3c(s2)CCC(C)C3)c1. The average molecular weight is 399 g/mol. The van der Waals surface area contributed by atoms with Crippen LogP contribution >= 0.6 is 11.3 Å². The predicted octanol–water partition coefficient (Wildman–Crippen LogP) is 2.78. The average Bonchev–Trinajstić information content (AvgIpc) is 3.10. The number of anilines is 1. The molecule has 4 N–H and O–H groups in total. The van der Waals surface area contributed by atoms with Crippen LogP contribution in [0.5, 0.6) is 5.75 Å². The minimum atomic E-state index is -0.699. The fourth-order valence-electron chi connectivity index (χ4n) is 3.05. The molecule has 1 unspecified atom stereocenters. The minimum absolute atomic E-state index is 0.0820. The van der Waals surface area contributed by atoms with E-state index in [4.69, 9.17) is 0 Å². The number of carbonyl (C=O) groups is 3. The summed E-state index contributed by atoms with van der Waals surface area (Å²) < 4.78 is 0. The third kappa shape index (κ3) is 4.40. The van der Waals surface area contributed by atoms with Gasteiger partial charge < -0.3 is 10.4 Å². The van der Waals surface area contributed by atoms with Gasteiger partial charge in [0.2, 0.25) is 5.91 Å². The number of fused-ring (bicyclic) bond motifs is 1. The molecule has 1 atom stereocenters. The zero-order valence-corrected chi connectivity index (χ0v) is 16.2. The molecule has 0 saturated heterocycles. The molecule has 1 aliphatic rings. The first-order valence-corrected chi connectivity index (χ1v) is 9.67. The van der Waals surface area contributed by atoms with Crippen molar-refractivity contribution in [1.82, 2.24) is 10.9 Å². The monoisotopic (exact) mass is 399 g/mol. The van der Waals surface area contributed by atoms with Gasteiger partial charge in [0.1, 0.15) is 5.75 Å². The maximum atomic E-state index is 12.4. The number of amides is 3. The number of carbonyl (C=O) groups excluding carboxylic acids is 3. The summed E-state index contributed by atoms with van der Waals surface area (Å²) in [6, 6.07) is 5.91. The summed E-state index contributed by atoms with van der Waals surface area (Å²) in [6.07, 6.45) is 4.14. The van der Waals surface area contributed by atoms with Crippen molar-refractivity contribution in [2.24, 2.45) is 5.92 Å². The molecular weight excluding hydrogens is 378 g/mol. The molecule has 1 aromatic carbocycles. The third-order valence-corrected chi connectivity index (χ3v) is 5.77. The van der Waals surface area contributed by atoms with Crippen molar-refractivity contribution in [3.8, 4) is 5.75 Å². The largest absolute Gasteiger partial charge is 0.507 e. The number of thiophene rings is 1. The standard InChI is InChI=1S/C20H21N3O4S/c1-3-18(25)21-13-5-6-15(24)14(10-13)19(26)22-23-20(27)17-9-12-8-11(2)4-7-16(12)28-17/h3,5-6,9-11,24H,1,4,7-8H2,2H3,(H,21,25)(H,22,26)(H,23,27). The number of hydrogen-bond acceptors (Lipinski definition) is 5. The van der Waals surface area contributed by atoms with Gasteiger partial charge in [-0.1, -0.05) is 13.5 Å². The lowest BCUT2D eigenvalue weighted by atomic mass is 9.90. The Morgan fingerprint density at radius 3 is 2.71 bits per heavy atom. The molecule has 0 fully saturated rings. The number of aryl methyl sites for hydroxylation is 1. The Bertz CT molecular complexity index is 951. The molecule has 1 heterocycles. The van der Waals surface area contributed by atoms with Crippen LogP contribution in [-0.2, 0) is 17.6 Å². The molecular formula is C20H21N3O4S. The van der Waals surface area contributed by atoms with E-state index in [1.165, 1.54) is 40.0 Å². The zero-order chi connectivity index (χ0) is 20.3. The summed E-state index contributed by atoms with van der Waals surface area (Å²) >= 11 is 1.44. The first-order chi connectivity index (χ1) is 13.4. The van der Waals surface area contributed by atoms with Gasteiger partial charge in [-0.3, -0.25) is 25.2 Å². The van der Waals surface area contributed by atoms with Crippen molar-refractivity contribution >= 4 is 34.7 Å². The van der Waals surface area contributed by atoms with Crippen molar-refractivity contribution in [3.05, 3.63) is 57.8 Å². The van der Waals surface area contributed by atoms with E-state index in [9.17, 15) is 19.5 Å². The molecule has 0 aliphatic heterocycles. The maximum Gasteiger partial charge on any atom is 0.279 e. The maximum absolute atomic E-state index is 12.4. The Hall–Kier alpha value is -3.13. The van der Waals surface area contributed by atoms with Crippen LogP contribution in [0.1, 0.15) is 43.8 Å². The second-order valence-corrected chi connectivity index (χ2v) is 7.88. The van der Waals surface area contributed by atoms with Crippen LogP contribution in [0, 0.1) is 5.92 Å². The van der Waals surface area contributed by atoms with Crippen LogP contribution in [0.2, 0.25) is 0 Å². The van der Waals surface area contributed by atoms with E-state index in [0.717, 1.165) is 25.3 Å². The molecule has 0 saturated carbocycles. The summed E-state index contributed by atoms with van der Waals surface area (Å²) in [7, 11) is 0. The molecule has 146 valence electrons. The van der Waals surface area contributed by atoms with Crippen LogP contribution in [-0.4, -0.2) is 22.8 Å². The quantitative estimate of drug-likeness (QED) is 0.360. The third-order valence-electron chi connectivity index (χ3n) is 4.54. The second kappa shape index (κ2) is 8.26. The summed E-state index contributed by atoms with van der Waals surface area (Å²) in [5.74, 6) is -1.22. The number of phenolic OH excluding ortho intramolecular Hbond substituents is 1. The van der Waals surface area contributed by atoms with Gasteiger partial charge in [0.15, 0.2) is 0 Å². The molecule has 3 rings (SSSR count). The Morgan fingerprint density at radius 2 is 1.96 bits per heavy atom. The van der Waals surface area contributed by atoms with Gasteiger partial charge in [-0.25, -0.2) is 0 Å². The van der Waals surface area contributed by atoms with Crippen LogP contribution in [0.25, 0.3) is 0 Å². The summed E-state index contributed by atoms with van der Waals surface area (Å²) in [4.78, 5) is 37.8. The van der Waals surface area contributed by atoms with E-state index in [2.05, 4.69) is 29.7 Å².